The van der Waals surface area contributed by atoms with Crippen molar-refractivity contribution in [2.75, 3.05) is 0 Å². The lowest BCUT2D eigenvalue weighted by molar-refractivity contribution is -0.137. The van der Waals surface area contributed by atoms with Crippen LogP contribution in [0.2, 0.25) is 0 Å². The van der Waals surface area contributed by atoms with E-state index in [9.17, 15) is 18.0 Å². The van der Waals surface area contributed by atoms with Crippen molar-refractivity contribution in [3.05, 3.63) is 63.5 Å². The Bertz CT molecular complexity index is 1150. The van der Waals surface area contributed by atoms with Crippen molar-refractivity contribution in [1.82, 2.24) is 4.37 Å². The average Bonchev–Trinajstić information content (AvgIpc) is 3.50. The molecule has 32 heavy (non-hydrogen) atoms. The molecule has 8 heteroatoms. The van der Waals surface area contributed by atoms with Gasteiger partial charge in [0.2, 0.25) is 0 Å². The van der Waals surface area contributed by atoms with Crippen LogP contribution in [0.4, 0.5) is 13.2 Å². The monoisotopic (exact) mass is 477 g/mol. The van der Waals surface area contributed by atoms with E-state index in [-0.39, 0.29) is 20.3 Å². The predicted molar refractivity (Wildman–Crippen MR) is 124 cm³/mol. The van der Waals surface area contributed by atoms with Gasteiger partial charge in [-0.25, -0.2) is 0 Å². The van der Waals surface area contributed by atoms with E-state index in [0.29, 0.717) is 35.1 Å². The summed E-state index contributed by atoms with van der Waals surface area (Å²) in [5.41, 5.74) is 5.08. The number of aryl methyl sites for hydroxylation is 1. The molecule has 1 saturated carbocycles. The highest BCUT2D eigenvalue weighted by molar-refractivity contribution is 7.56. The number of aliphatic carboxylic acids is 1. The summed E-state index contributed by atoms with van der Waals surface area (Å²) in [4.78, 5) is 10.3. The van der Waals surface area contributed by atoms with Gasteiger partial charge in [-0.3, -0.25) is 4.79 Å². The third-order valence-corrected chi connectivity index (χ3v) is 8.57. The van der Waals surface area contributed by atoms with Gasteiger partial charge < -0.3 is 5.11 Å². The molecule has 1 unspecified atom stereocenters. The van der Waals surface area contributed by atoms with Gasteiger partial charge in [0.15, 0.2) is 0 Å². The smallest absolute Gasteiger partial charge is 0.427 e. The van der Waals surface area contributed by atoms with E-state index < -0.39 is 17.0 Å². The maximum absolute atomic E-state index is 13.8. The third-order valence-electron chi connectivity index (χ3n) is 5.95. The molecule has 1 aromatic heterocycles. The number of hydrogen-bond donors (Lipinski definition) is 1. The topological polar surface area (TPSA) is 50.2 Å². The quantitative estimate of drug-likeness (QED) is 0.427. The normalized spacial score (nSPS) is 14.4. The van der Waals surface area contributed by atoms with Crippen LogP contribution in [0.15, 0.2) is 36.4 Å². The van der Waals surface area contributed by atoms with Gasteiger partial charge in [-0.05, 0) is 78.1 Å². The highest BCUT2D eigenvalue weighted by Gasteiger charge is 2.38. The van der Waals surface area contributed by atoms with E-state index in [1.807, 2.05) is 50.2 Å². The number of carbonyl (C=O) groups is 1. The summed E-state index contributed by atoms with van der Waals surface area (Å²) in [6.45, 7) is 3.79. The summed E-state index contributed by atoms with van der Waals surface area (Å²) < 4.78 is 45.6. The molecule has 0 spiro atoms. The van der Waals surface area contributed by atoms with Crippen LogP contribution < -0.4 is 10.6 Å². The lowest BCUT2D eigenvalue weighted by Crippen LogP contribution is -2.18. The van der Waals surface area contributed by atoms with Gasteiger partial charge in [0.05, 0.1) is 5.69 Å². The number of rotatable bonds is 7. The van der Waals surface area contributed by atoms with Crippen LogP contribution in [0, 0.1) is 13.8 Å². The highest BCUT2D eigenvalue weighted by Crippen LogP contribution is 2.41. The Morgan fingerprint density at radius 3 is 2.41 bits per heavy atom. The fraction of sp³-hybridized carbons (Fsp3) is 0.333. The second-order valence-corrected chi connectivity index (χ2v) is 10.2. The molecule has 1 N–H and O–H groups in total. The van der Waals surface area contributed by atoms with Gasteiger partial charge in [-0.1, -0.05) is 45.0 Å². The molecule has 3 nitrogen and oxygen atoms in total. The number of hydrogen-bond acceptors (Lipinski definition) is 3. The number of alkyl halides is 3. The highest BCUT2D eigenvalue weighted by atomic mass is 32.1. The Hall–Kier alpha value is -2.24. The van der Waals surface area contributed by atoms with Gasteiger partial charge in [-0.15, -0.1) is 0 Å². The standard InChI is InChI=1S/C24H23F3NO2PS/c1-13-14(2)19(11-9-15(13)10-12-20(29)30)31-22-21(28-32-23(22)24(25,26)27)18-7-5-17(6-8-18)16-3-4-16/h5-9,11,16,31H,3-4,10,12H2,1-2H3,(H,29,30). The van der Waals surface area contributed by atoms with Gasteiger partial charge in [0, 0.05) is 17.3 Å². The summed E-state index contributed by atoms with van der Waals surface area (Å²) >= 11 is 0.511. The molecular formula is C24H23F3NO2PS. The van der Waals surface area contributed by atoms with Crippen LogP contribution in [-0.4, -0.2) is 15.4 Å². The summed E-state index contributed by atoms with van der Waals surface area (Å²) in [7, 11) is -0.197. The largest absolute Gasteiger partial charge is 0.481 e. The molecular weight excluding hydrogens is 454 g/mol. The Balaban J connectivity index is 1.70. The van der Waals surface area contributed by atoms with Crippen molar-refractivity contribution < 1.29 is 23.1 Å². The van der Waals surface area contributed by atoms with Crippen molar-refractivity contribution in [1.29, 1.82) is 0 Å². The van der Waals surface area contributed by atoms with E-state index in [1.165, 1.54) is 18.4 Å². The minimum Gasteiger partial charge on any atom is -0.481 e. The Kier molecular flexibility index (Phi) is 6.42. The van der Waals surface area contributed by atoms with Crippen molar-refractivity contribution in [2.24, 2.45) is 0 Å². The van der Waals surface area contributed by atoms with E-state index in [0.717, 1.165) is 22.0 Å². The van der Waals surface area contributed by atoms with Crippen molar-refractivity contribution in [3.63, 3.8) is 0 Å². The molecule has 4 rings (SSSR count). The maximum atomic E-state index is 13.8. The van der Waals surface area contributed by atoms with E-state index in [1.54, 1.807) is 0 Å². The molecule has 3 aromatic rings. The molecule has 1 aliphatic rings. The Labute approximate surface area is 190 Å². The van der Waals surface area contributed by atoms with E-state index in [2.05, 4.69) is 4.37 Å². The van der Waals surface area contributed by atoms with Crippen molar-refractivity contribution >= 4 is 36.7 Å². The van der Waals surface area contributed by atoms with E-state index in [4.69, 9.17) is 5.11 Å². The first kappa shape index (κ1) is 22.9. The number of carboxylic acids is 1. The molecule has 0 aliphatic heterocycles. The second kappa shape index (κ2) is 8.95. The molecule has 168 valence electrons. The minimum atomic E-state index is -4.46. The van der Waals surface area contributed by atoms with Crippen LogP contribution in [0.1, 0.15) is 52.3 Å². The molecule has 0 saturated heterocycles. The first-order valence-corrected chi connectivity index (χ1v) is 12.2. The lowest BCUT2D eigenvalue weighted by Gasteiger charge is -2.15. The summed E-state index contributed by atoms with van der Waals surface area (Å²) in [5, 5.41) is 9.99. The van der Waals surface area contributed by atoms with Crippen LogP contribution in [0.5, 0.6) is 0 Å². The Morgan fingerprint density at radius 1 is 1.12 bits per heavy atom. The van der Waals surface area contributed by atoms with Gasteiger partial charge in [0.25, 0.3) is 0 Å². The van der Waals surface area contributed by atoms with Crippen molar-refractivity contribution in [3.8, 4) is 11.3 Å². The van der Waals surface area contributed by atoms with Crippen molar-refractivity contribution in [2.45, 2.75) is 51.6 Å². The number of halogens is 3. The van der Waals surface area contributed by atoms with Crippen LogP contribution in [0.25, 0.3) is 11.3 Å². The summed E-state index contributed by atoms with van der Waals surface area (Å²) in [6, 6.07) is 11.4. The first-order valence-electron chi connectivity index (χ1n) is 10.4. The molecule has 1 fully saturated rings. The molecule has 1 heterocycles. The SMILES string of the molecule is Cc1c(CCC(=O)O)ccc(Pc2c(-c3ccc(C4CC4)cc3)nsc2C(F)(F)F)c1C. The zero-order valence-electron chi connectivity index (χ0n) is 17.7. The molecule has 0 amide bonds. The van der Waals surface area contributed by atoms with E-state index >= 15 is 0 Å². The fourth-order valence-corrected chi connectivity index (χ4v) is 6.21. The predicted octanol–water partition coefficient (Wildman–Crippen LogP) is 5.97. The lowest BCUT2D eigenvalue weighted by atomic mass is 10.00. The average molecular weight is 477 g/mol. The van der Waals surface area contributed by atoms with Gasteiger partial charge in [-0.2, -0.15) is 17.5 Å². The molecule has 1 aliphatic carbocycles. The van der Waals surface area contributed by atoms with Crippen LogP contribution in [0.3, 0.4) is 0 Å². The zero-order chi connectivity index (χ0) is 23.0. The second-order valence-electron chi connectivity index (χ2n) is 8.17. The fourth-order valence-electron chi connectivity index (χ4n) is 3.79. The third kappa shape index (κ3) is 4.89. The van der Waals surface area contributed by atoms with Crippen LogP contribution >= 0.6 is 20.1 Å². The molecule has 1 atom stereocenters. The van der Waals surface area contributed by atoms with Crippen LogP contribution in [-0.2, 0) is 17.4 Å². The number of aromatic nitrogens is 1. The van der Waals surface area contributed by atoms with Gasteiger partial charge >= 0.3 is 12.1 Å². The summed E-state index contributed by atoms with van der Waals surface area (Å²) in [6.07, 6.45) is -1.70. The zero-order valence-corrected chi connectivity index (χ0v) is 19.5. The minimum absolute atomic E-state index is 0.0234. The maximum Gasteiger partial charge on any atom is 0.427 e. The number of carboxylic acid groups (broad SMARTS) is 1. The molecule has 2 aromatic carbocycles. The number of benzene rings is 2. The number of nitrogens with zero attached hydrogens (tertiary/aromatic N) is 1. The molecule has 0 bridgehead atoms. The first-order chi connectivity index (χ1) is 15.1. The summed E-state index contributed by atoms with van der Waals surface area (Å²) in [5.74, 6) is -0.290. The van der Waals surface area contributed by atoms with Gasteiger partial charge in [0.1, 0.15) is 4.88 Å². The molecule has 0 radical (unpaired) electrons. The Morgan fingerprint density at radius 2 is 1.81 bits per heavy atom.